The van der Waals surface area contributed by atoms with E-state index in [4.69, 9.17) is 9.57 Å². The van der Waals surface area contributed by atoms with Crippen molar-refractivity contribution in [3.63, 3.8) is 0 Å². The summed E-state index contributed by atoms with van der Waals surface area (Å²) in [6.07, 6.45) is 0. The summed E-state index contributed by atoms with van der Waals surface area (Å²) < 4.78 is 9.94. The van der Waals surface area contributed by atoms with E-state index in [-0.39, 0.29) is 5.76 Å². The molecule has 88 valence electrons. The summed E-state index contributed by atoms with van der Waals surface area (Å²) in [7, 11) is 1.27. The molecule has 17 heavy (non-hydrogen) atoms. The Morgan fingerprint density at radius 1 is 1.29 bits per heavy atom. The fraction of sp³-hybridized carbons (Fsp3) is 0.167. The molecule has 1 aromatic rings. The van der Waals surface area contributed by atoms with Crippen LogP contribution in [0.15, 0.2) is 47.0 Å². The number of methoxy groups -OCH3 is 1. The van der Waals surface area contributed by atoms with Gasteiger partial charge in [-0.1, -0.05) is 18.2 Å². The molecule has 0 saturated carbocycles. The molecule has 0 saturated heterocycles. The lowest BCUT2D eigenvalue weighted by Gasteiger charge is -2.16. The Hall–Kier alpha value is -2.30. The second-order valence-corrected chi connectivity index (χ2v) is 3.33. The minimum atomic E-state index is -0.613. The molecule has 0 fully saturated rings. The third-order valence-corrected chi connectivity index (χ3v) is 2.18. The van der Waals surface area contributed by atoms with Crippen LogP contribution in [0, 0.1) is 0 Å². The highest BCUT2D eigenvalue weighted by atomic mass is 16.7. The topological polar surface area (TPSA) is 57.1 Å². The van der Waals surface area contributed by atoms with Crippen LogP contribution >= 0.6 is 0 Å². The van der Waals surface area contributed by atoms with Crippen LogP contribution in [0.2, 0.25) is 0 Å². The van der Waals surface area contributed by atoms with Crippen LogP contribution < -0.4 is 0 Å². The van der Waals surface area contributed by atoms with Crippen molar-refractivity contribution < 1.29 is 19.1 Å². The van der Waals surface area contributed by atoms with E-state index in [9.17, 15) is 4.79 Å². The number of ether oxygens (including phenoxy) is 2. The van der Waals surface area contributed by atoms with Gasteiger partial charge in [-0.05, 0) is 24.2 Å². The van der Waals surface area contributed by atoms with Gasteiger partial charge in [0.25, 0.3) is 11.7 Å². The molecule has 0 unspecified atom stereocenters. The predicted molar refractivity (Wildman–Crippen MR) is 59.9 cm³/mol. The second-order valence-electron chi connectivity index (χ2n) is 3.33. The van der Waals surface area contributed by atoms with Gasteiger partial charge in [-0.2, -0.15) is 0 Å². The first-order chi connectivity index (χ1) is 8.22. The number of hydrogen-bond donors (Lipinski definition) is 0. The van der Waals surface area contributed by atoms with Crippen LogP contribution in [0.3, 0.4) is 0 Å². The first kappa shape index (κ1) is 11.2. The molecule has 1 aromatic carbocycles. The van der Waals surface area contributed by atoms with E-state index in [0.717, 1.165) is 5.56 Å². The van der Waals surface area contributed by atoms with E-state index in [1.165, 1.54) is 7.11 Å². The Balaban J connectivity index is 2.20. The Bertz CT molecular complexity index is 490. The maximum Gasteiger partial charge on any atom is 0.380 e. The monoisotopic (exact) mass is 233 g/mol. The number of carbonyl (C=O) groups excluding carboxylic acids is 1. The summed E-state index contributed by atoms with van der Waals surface area (Å²) in [5.41, 5.74) is 0.774. The third-order valence-electron chi connectivity index (χ3n) is 2.18. The van der Waals surface area contributed by atoms with Gasteiger partial charge in [0.2, 0.25) is 0 Å². The van der Waals surface area contributed by atoms with Crippen molar-refractivity contribution in [3.05, 3.63) is 47.4 Å². The minimum Gasteiger partial charge on any atom is -0.463 e. The molecule has 0 amide bonds. The van der Waals surface area contributed by atoms with E-state index >= 15 is 0 Å². The highest BCUT2D eigenvalue weighted by Gasteiger charge is 2.24. The van der Waals surface area contributed by atoms with Crippen LogP contribution in [0.4, 0.5) is 0 Å². The van der Waals surface area contributed by atoms with Gasteiger partial charge in [-0.3, -0.25) is 0 Å². The highest BCUT2D eigenvalue weighted by molar-refractivity contribution is 5.96. The van der Waals surface area contributed by atoms with Crippen LogP contribution in [-0.2, 0) is 19.1 Å². The molecule has 2 rings (SSSR count). The lowest BCUT2D eigenvalue weighted by Crippen LogP contribution is -2.18. The number of nitrogens with zero attached hydrogens (tertiary/aromatic N) is 1. The van der Waals surface area contributed by atoms with Crippen LogP contribution in [-0.4, -0.2) is 19.0 Å². The largest absolute Gasteiger partial charge is 0.463 e. The van der Waals surface area contributed by atoms with E-state index in [1.807, 2.05) is 30.3 Å². The van der Waals surface area contributed by atoms with Gasteiger partial charge < -0.3 is 14.3 Å². The van der Waals surface area contributed by atoms with Crippen molar-refractivity contribution >= 4 is 11.9 Å². The van der Waals surface area contributed by atoms with Gasteiger partial charge in [0.05, 0.1) is 7.11 Å². The van der Waals surface area contributed by atoms with E-state index in [1.54, 1.807) is 6.92 Å². The average Bonchev–Trinajstić information content (AvgIpc) is 2.39. The zero-order chi connectivity index (χ0) is 12.3. The Morgan fingerprint density at radius 3 is 2.59 bits per heavy atom. The van der Waals surface area contributed by atoms with Crippen LogP contribution in [0.5, 0.6) is 0 Å². The number of benzene rings is 1. The first-order valence-corrected chi connectivity index (χ1v) is 5.00. The molecule has 0 radical (unpaired) electrons. The second kappa shape index (κ2) is 4.69. The van der Waals surface area contributed by atoms with E-state index in [2.05, 4.69) is 9.89 Å². The van der Waals surface area contributed by atoms with Crippen LogP contribution in [0.25, 0.3) is 0 Å². The third kappa shape index (κ3) is 2.28. The summed E-state index contributed by atoms with van der Waals surface area (Å²) in [6, 6.07) is 9.26. The molecule has 0 aromatic heterocycles. The van der Waals surface area contributed by atoms with Crippen molar-refractivity contribution in [1.29, 1.82) is 0 Å². The quantitative estimate of drug-likeness (QED) is 0.731. The summed E-state index contributed by atoms with van der Waals surface area (Å²) >= 11 is 0. The van der Waals surface area contributed by atoms with Crippen molar-refractivity contribution in [3.8, 4) is 0 Å². The molecule has 5 heteroatoms. The van der Waals surface area contributed by atoms with Crippen molar-refractivity contribution in [1.82, 2.24) is 0 Å². The molecule has 1 aliphatic heterocycles. The first-order valence-electron chi connectivity index (χ1n) is 5.00. The zero-order valence-electron chi connectivity index (χ0n) is 9.47. The maximum absolute atomic E-state index is 11.3. The van der Waals surface area contributed by atoms with Gasteiger partial charge >= 0.3 is 5.97 Å². The standard InChI is InChI=1S/C12H11NO4/c1-8-10(12(14)15-2)17-13-11(16-8)9-6-4-3-5-7-9/h3-7H,1-2H3. The number of rotatable bonds is 2. The summed E-state index contributed by atoms with van der Waals surface area (Å²) in [5.74, 6) is -0.00741. The number of allylic oxidation sites excluding steroid dienone is 1. The Labute approximate surface area is 98.3 Å². The molecule has 0 N–H and O–H groups in total. The van der Waals surface area contributed by atoms with Gasteiger partial charge in [-0.25, -0.2) is 4.79 Å². The van der Waals surface area contributed by atoms with Gasteiger partial charge in [0, 0.05) is 5.56 Å². The lowest BCUT2D eigenvalue weighted by atomic mass is 10.2. The Morgan fingerprint density at radius 2 is 2.00 bits per heavy atom. The fourth-order valence-corrected chi connectivity index (χ4v) is 1.33. The molecule has 5 nitrogen and oxygen atoms in total. The van der Waals surface area contributed by atoms with Gasteiger partial charge in [0.1, 0.15) is 0 Å². The summed E-state index contributed by atoms with van der Waals surface area (Å²) in [5, 5.41) is 3.74. The summed E-state index contributed by atoms with van der Waals surface area (Å²) in [6.45, 7) is 1.61. The summed E-state index contributed by atoms with van der Waals surface area (Å²) in [4.78, 5) is 16.2. The fourth-order valence-electron chi connectivity index (χ4n) is 1.33. The molecule has 1 aliphatic rings. The highest BCUT2D eigenvalue weighted by Crippen LogP contribution is 2.18. The molecule has 1 heterocycles. The SMILES string of the molecule is COC(=O)C1=C(C)OC(c2ccccc2)=NO1. The molecule has 0 aliphatic carbocycles. The normalized spacial score (nSPS) is 14.6. The van der Waals surface area contributed by atoms with Gasteiger partial charge in [-0.15, -0.1) is 0 Å². The molecular formula is C12H11NO4. The molecular weight excluding hydrogens is 222 g/mol. The van der Waals surface area contributed by atoms with Crippen molar-refractivity contribution in [2.75, 3.05) is 7.11 Å². The zero-order valence-corrected chi connectivity index (χ0v) is 9.47. The maximum atomic E-state index is 11.3. The number of carbonyl (C=O) groups is 1. The number of oxime groups is 1. The minimum absolute atomic E-state index is 0.0350. The average molecular weight is 233 g/mol. The van der Waals surface area contributed by atoms with Crippen LogP contribution in [0.1, 0.15) is 12.5 Å². The molecule has 0 bridgehead atoms. The predicted octanol–water partition coefficient (Wildman–Crippen LogP) is 1.80. The number of hydrogen-bond acceptors (Lipinski definition) is 5. The van der Waals surface area contributed by atoms with Gasteiger partial charge in [0.15, 0.2) is 5.76 Å². The smallest absolute Gasteiger partial charge is 0.380 e. The molecule has 0 atom stereocenters. The van der Waals surface area contributed by atoms with Crippen molar-refractivity contribution in [2.45, 2.75) is 6.92 Å². The lowest BCUT2D eigenvalue weighted by molar-refractivity contribution is -0.140. The van der Waals surface area contributed by atoms with Crippen molar-refractivity contribution in [2.24, 2.45) is 5.16 Å². The number of esters is 1. The Kier molecular flexibility index (Phi) is 3.09. The van der Waals surface area contributed by atoms with E-state index < -0.39 is 5.97 Å². The van der Waals surface area contributed by atoms with E-state index in [0.29, 0.717) is 11.7 Å². The molecule has 0 spiro atoms.